The van der Waals surface area contributed by atoms with Gasteiger partial charge in [-0.25, -0.2) is 4.39 Å². The number of aryl methyl sites for hydroxylation is 2. The van der Waals surface area contributed by atoms with Gasteiger partial charge in [-0.1, -0.05) is 24.4 Å². The van der Waals surface area contributed by atoms with E-state index in [1.165, 1.54) is 0 Å². The topological polar surface area (TPSA) is 35.2 Å². The maximum atomic E-state index is 13.8. The summed E-state index contributed by atoms with van der Waals surface area (Å²) >= 11 is 4.94. The zero-order valence-corrected chi connectivity index (χ0v) is 11.6. The van der Waals surface area contributed by atoms with Gasteiger partial charge in [0.15, 0.2) is 11.6 Å². The highest BCUT2D eigenvalue weighted by atomic mass is 32.1. The summed E-state index contributed by atoms with van der Waals surface area (Å²) in [6, 6.07) is 10.3. The molecule has 0 aromatic heterocycles. The molecule has 0 spiro atoms. The van der Waals surface area contributed by atoms with Crippen molar-refractivity contribution in [3.8, 4) is 11.5 Å². The molecular weight excluding hydrogens is 261 g/mol. The van der Waals surface area contributed by atoms with Gasteiger partial charge < -0.3 is 10.5 Å². The van der Waals surface area contributed by atoms with Crippen molar-refractivity contribution in [2.75, 3.05) is 0 Å². The van der Waals surface area contributed by atoms with Crippen LogP contribution >= 0.6 is 12.2 Å². The summed E-state index contributed by atoms with van der Waals surface area (Å²) in [5.74, 6) is 0.419. The van der Waals surface area contributed by atoms with Gasteiger partial charge in [0.1, 0.15) is 10.7 Å². The highest BCUT2D eigenvalue weighted by molar-refractivity contribution is 7.80. The molecule has 0 unspecified atom stereocenters. The number of nitrogens with two attached hydrogens (primary N) is 1. The lowest BCUT2D eigenvalue weighted by Crippen LogP contribution is -2.10. The van der Waals surface area contributed by atoms with Gasteiger partial charge in [-0.05, 0) is 49.2 Å². The van der Waals surface area contributed by atoms with Gasteiger partial charge in [-0.3, -0.25) is 0 Å². The summed E-state index contributed by atoms with van der Waals surface area (Å²) in [6.07, 6.45) is 0. The normalized spacial score (nSPS) is 10.3. The Morgan fingerprint density at radius 3 is 2.53 bits per heavy atom. The first-order chi connectivity index (χ1) is 8.99. The summed E-state index contributed by atoms with van der Waals surface area (Å²) in [6.45, 7) is 3.58. The van der Waals surface area contributed by atoms with Gasteiger partial charge in [-0.2, -0.15) is 0 Å². The number of ether oxygens (including phenoxy) is 1. The van der Waals surface area contributed by atoms with Gasteiger partial charge in [0, 0.05) is 5.56 Å². The lowest BCUT2D eigenvalue weighted by Gasteiger charge is -2.10. The molecule has 0 fully saturated rings. The number of hydrogen-bond acceptors (Lipinski definition) is 2. The molecule has 0 saturated heterocycles. The maximum absolute atomic E-state index is 13.8. The highest BCUT2D eigenvalue weighted by Gasteiger charge is 2.08. The van der Waals surface area contributed by atoms with E-state index in [0.29, 0.717) is 16.3 Å². The number of rotatable bonds is 3. The molecule has 0 saturated carbocycles. The van der Waals surface area contributed by atoms with Crippen molar-refractivity contribution in [2.45, 2.75) is 13.8 Å². The Bertz CT molecular complexity index is 640. The van der Waals surface area contributed by atoms with E-state index < -0.39 is 0 Å². The lowest BCUT2D eigenvalue weighted by molar-refractivity contribution is 0.440. The van der Waals surface area contributed by atoms with E-state index >= 15 is 0 Å². The van der Waals surface area contributed by atoms with Crippen LogP contribution in [-0.2, 0) is 0 Å². The summed E-state index contributed by atoms with van der Waals surface area (Å²) in [4.78, 5) is 0.339. The molecule has 0 aliphatic carbocycles. The van der Waals surface area contributed by atoms with E-state index in [9.17, 15) is 4.39 Å². The first-order valence-electron chi connectivity index (χ1n) is 5.82. The molecule has 0 aliphatic heterocycles. The Balaban J connectivity index is 2.32. The van der Waals surface area contributed by atoms with E-state index in [2.05, 4.69) is 0 Å². The molecular formula is C15H14FNOS. The predicted molar refractivity (Wildman–Crippen MR) is 78.3 cm³/mol. The lowest BCUT2D eigenvalue weighted by atomic mass is 10.1. The van der Waals surface area contributed by atoms with Gasteiger partial charge in [0.05, 0.1) is 0 Å². The molecule has 0 atom stereocenters. The van der Waals surface area contributed by atoms with Crippen molar-refractivity contribution < 1.29 is 9.13 Å². The Labute approximate surface area is 117 Å². The number of hydrogen-bond donors (Lipinski definition) is 1. The molecule has 2 rings (SSSR count). The van der Waals surface area contributed by atoms with E-state index in [1.54, 1.807) is 43.3 Å². The minimum atomic E-state index is -0.349. The Morgan fingerprint density at radius 2 is 1.89 bits per heavy atom. The van der Waals surface area contributed by atoms with Gasteiger partial charge in [0.2, 0.25) is 0 Å². The van der Waals surface area contributed by atoms with Crippen molar-refractivity contribution in [1.29, 1.82) is 0 Å². The predicted octanol–water partition coefficient (Wildman–Crippen LogP) is 3.87. The van der Waals surface area contributed by atoms with E-state index in [0.717, 1.165) is 11.1 Å². The van der Waals surface area contributed by atoms with Crippen molar-refractivity contribution in [1.82, 2.24) is 0 Å². The third-order valence-electron chi connectivity index (χ3n) is 2.85. The fraction of sp³-hybridized carbons (Fsp3) is 0.133. The fourth-order valence-corrected chi connectivity index (χ4v) is 2.03. The van der Waals surface area contributed by atoms with Crippen LogP contribution in [0, 0.1) is 19.7 Å². The summed E-state index contributed by atoms with van der Waals surface area (Å²) in [7, 11) is 0. The standard InChI is InChI=1S/C15H14FNOS/c1-9-4-3-5-13(14(9)16)18-11-6-7-12(15(17)19)10(2)8-11/h3-8H,1-2H3,(H2,17,19). The van der Waals surface area contributed by atoms with Gasteiger partial charge in [-0.15, -0.1) is 0 Å². The second-order valence-corrected chi connectivity index (χ2v) is 4.77. The molecule has 2 N–H and O–H groups in total. The minimum Gasteiger partial charge on any atom is -0.454 e. The molecule has 0 bridgehead atoms. The smallest absolute Gasteiger partial charge is 0.168 e. The maximum Gasteiger partial charge on any atom is 0.168 e. The second-order valence-electron chi connectivity index (χ2n) is 4.33. The molecule has 4 heteroatoms. The van der Waals surface area contributed by atoms with Crippen molar-refractivity contribution >= 4 is 17.2 Å². The Kier molecular flexibility index (Phi) is 3.81. The average Bonchev–Trinajstić information content (AvgIpc) is 2.34. The molecule has 2 aromatic carbocycles. The summed E-state index contributed by atoms with van der Waals surface area (Å²) in [5, 5.41) is 0. The molecule has 0 heterocycles. The van der Waals surface area contributed by atoms with Crippen LogP contribution in [0.3, 0.4) is 0 Å². The molecule has 0 aliphatic rings. The third kappa shape index (κ3) is 2.90. The van der Waals surface area contributed by atoms with Gasteiger partial charge in [0.25, 0.3) is 0 Å². The summed E-state index contributed by atoms with van der Waals surface area (Å²) in [5.41, 5.74) is 7.84. The van der Waals surface area contributed by atoms with Crippen LogP contribution in [0.1, 0.15) is 16.7 Å². The number of halogens is 1. The van der Waals surface area contributed by atoms with Crippen LogP contribution in [0.5, 0.6) is 11.5 Å². The average molecular weight is 275 g/mol. The van der Waals surface area contributed by atoms with Gasteiger partial charge >= 0.3 is 0 Å². The molecule has 98 valence electrons. The largest absolute Gasteiger partial charge is 0.454 e. The van der Waals surface area contributed by atoms with Crippen LogP contribution in [-0.4, -0.2) is 4.99 Å². The van der Waals surface area contributed by atoms with Crippen molar-refractivity contribution in [2.24, 2.45) is 5.73 Å². The van der Waals surface area contributed by atoms with E-state index in [1.807, 2.05) is 6.92 Å². The van der Waals surface area contributed by atoms with Crippen molar-refractivity contribution in [3.63, 3.8) is 0 Å². The molecule has 0 amide bonds. The zero-order chi connectivity index (χ0) is 14.0. The zero-order valence-electron chi connectivity index (χ0n) is 10.7. The van der Waals surface area contributed by atoms with Crippen LogP contribution in [0.2, 0.25) is 0 Å². The first kappa shape index (κ1) is 13.5. The van der Waals surface area contributed by atoms with Crippen LogP contribution in [0.25, 0.3) is 0 Å². The highest BCUT2D eigenvalue weighted by Crippen LogP contribution is 2.27. The molecule has 2 aromatic rings. The van der Waals surface area contributed by atoms with Crippen LogP contribution < -0.4 is 10.5 Å². The summed E-state index contributed by atoms with van der Waals surface area (Å²) < 4.78 is 19.4. The molecule has 19 heavy (non-hydrogen) atoms. The Hall–Kier alpha value is -1.94. The quantitative estimate of drug-likeness (QED) is 0.864. The van der Waals surface area contributed by atoms with Crippen LogP contribution in [0.4, 0.5) is 4.39 Å². The third-order valence-corrected chi connectivity index (χ3v) is 3.07. The van der Waals surface area contributed by atoms with Crippen molar-refractivity contribution in [3.05, 3.63) is 58.9 Å². The molecule has 0 radical (unpaired) electrons. The monoisotopic (exact) mass is 275 g/mol. The van der Waals surface area contributed by atoms with E-state index in [-0.39, 0.29) is 11.6 Å². The fourth-order valence-electron chi connectivity index (χ4n) is 1.80. The second kappa shape index (κ2) is 5.36. The Morgan fingerprint density at radius 1 is 1.16 bits per heavy atom. The SMILES string of the molecule is Cc1cc(Oc2cccc(C)c2F)ccc1C(N)=S. The number of benzene rings is 2. The minimum absolute atomic E-state index is 0.211. The molecule has 2 nitrogen and oxygen atoms in total. The number of thiocarbonyl (C=S) groups is 1. The van der Waals surface area contributed by atoms with Crippen LogP contribution in [0.15, 0.2) is 36.4 Å². The van der Waals surface area contributed by atoms with E-state index in [4.69, 9.17) is 22.7 Å². The first-order valence-corrected chi connectivity index (χ1v) is 6.23.